The molecule has 1 aliphatic heterocycles. The second kappa shape index (κ2) is 5.51. The maximum absolute atomic E-state index is 5.53. The lowest BCUT2D eigenvalue weighted by Gasteiger charge is -2.27. The summed E-state index contributed by atoms with van der Waals surface area (Å²) < 4.78 is 16.0. The average molecular weight is 174 g/mol. The van der Waals surface area contributed by atoms with Crippen LogP contribution in [0.15, 0.2) is 0 Å². The third-order valence-electron chi connectivity index (χ3n) is 2.17. The highest BCUT2D eigenvalue weighted by atomic mass is 16.6. The van der Waals surface area contributed by atoms with E-state index in [4.69, 9.17) is 14.2 Å². The molecule has 1 rings (SSSR count). The fourth-order valence-corrected chi connectivity index (χ4v) is 1.35. The van der Waals surface area contributed by atoms with E-state index in [0.717, 1.165) is 26.1 Å². The second-order valence-electron chi connectivity index (χ2n) is 3.05. The van der Waals surface area contributed by atoms with Crippen LogP contribution in [-0.4, -0.2) is 39.1 Å². The molecule has 0 bridgehead atoms. The number of ether oxygens (including phenoxy) is 3. The number of hydrogen-bond donors (Lipinski definition) is 0. The van der Waals surface area contributed by atoms with Crippen LogP contribution in [0.1, 0.15) is 19.8 Å². The summed E-state index contributed by atoms with van der Waals surface area (Å²) in [6.45, 7) is 4.22. The molecule has 0 N–H and O–H groups in total. The van der Waals surface area contributed by atoms with Crippen molar-refractivity contribution in [3.63, 3.8) is 0 Å². The summed E-state index contributed by atoms with van der Waals surface area (Å²) in [7, 11) is 1.73. The Morgan fingerprint density at radius 2 is 2.25 bits per heavy atom. The van der Waals surface area contributed by atoms with E-state index in [1.54, 1.807) is 7.11 Å². The maximum Gasteiger partial charge on any atom is 0.0810 e. The van der Waals surface area contributed by atoms with E-state index in [-0.39, 0.29) is 6.10 Å². The van der Waals surface area contributed by atoms with E-state index in [9.17, 15) is 0 Å². The first-order chi connectivity index (χ1) is 5.86. The van der Waals surface area contributed by atoms with Gasteiger partial charge in [-0.2, -0.15) is 0 Å². The molecule has 2 unspecified atom stereocenters. The summed E-state index contributed by atoms with van der Waals surface area (Å²) in [5.41, 5.74) is 0. The summed E-state index contributed by atoms with van der Waals surface area (Å²) in [5, 5.41) is 0. The molecular formula is C9H18O3. The molecule has 0 amide bonds. The first kappa shape index (κ1) is 9.96. The standard InChI is InChI=1S/C9H18O3/c1-3-11-6-9-5-4-8(10-2)7-12-9/h8-9H,3-7H2,1-2H3. The third-order valence-corrected chi connectivity index (χ3v) is 2.17. The molecule has 0 radical (unpaired) electrons. The molecule has 2 atom stereocenters. The van der Waals surface area contributed by atoms with Crippen molar-refractivity contribution in [2.24, 2.45) is 0 Å². The zero-order valence-electron chi connectivity index (χ0n) is 7.91. The zero-order valence-corrected chi connectivity index (χ0v) is 7.91. The zero-order chi connectivity index (χ0) is 8.81. The highest BCUT2D eigenvalue weighted by Crippen LogP contribution is 2.15. The first-order valence-electron chi connectivity index (χ1n) is 4.59. The SMILES string of the molecule is CCOCC1CCC(OC)CO1. The molecule has 0 aromatic rings. The molecule has 0 saturated carbocycles. The van der Waals surface area contributed by atoms with Gasteiger partial charge in [-0.3, -0.25) is 0 Å². The smallest absolute Gasteiger partial charge is 0.0810 e. The minimum Gasteiger partial charge on any atom is -0.379 e. The van der Waals surface area contributed by atoms with Crippen molar-refractivity contribution in [2.75, 3.05) is 26.9 Å². The van der Waals surface area contributed by atoms with Gasteiger partial charge in [-0.25, -0.2) is 0 Å². The van der Waals surface area contributed by atoms with Crippen LogP contribution in [0.2, 0.25) is 0 Å². The molecule has 1 heterocycles. The summed E-state index contributed by atoms with van der Waals surface area (Å²) in [6, 6.07) is 0. The van der Waals surface area contributed by atoms with Crippen LogP contribution >= 0.6 is 0 Å². The normalized spacial score (nSPS) is 30.5. The Hall–Kier alpha value is -0.120. The van der Waals surface area contributed by atoms with Gasteiger partial charge in [-0.05, 0) is 19.8 Å². The molecule has 12 heavy (non-hydrogen) atoms. The molecule has 3 nitrogen and oxygen atoms in total. The van der Waals surface area contributed by atoms with Crippen molar-refractivity contribution in [3.8, 4) is 0 Å². The van der Waals surface area contributed by atoms with Gasteiger partial charge in [0.05, 0.1) is 25.4 Å². The Labute approximate surface area is 74.0 Å². The van der Waals surface area contributed by atoms with E-state index in [1.807, 2.05) is 6.92 Å². The minimum absolute atomic E-state index is 0.288. The highest BCUT2D eigenvalue weighted by molar-refractivity contribution is 4.69. The summed E-state index contributed by atoms with van der Waals surface area (Å²) >= 11 is 0. The van der Waals surface area contributed by atoms with Gasteiger partial charge in [0.25, 0.3) is 0 Å². The van der Waals surface area contributed by atoms with Crippen molar-refractivity contribution < 1.29 is 14.2 Å². The predicted molar refractivity (Wildman–Crippen MR) is 46.3 cm³/mol. The van der Waals surface area contributed by atoms with Crippen LogP contribution in [0.5, 0.6) is 0 Å². The average Bonchev–Trinajstić information content (AvgIpc) is 2.15. The number of hydrogen-bond acceptors (Lipinski definition) is 3. The Bertz CT molecular complexity index is 108. The highest BCUT2D eigenvalue weighted by Gasteiger charge is 2.20. The van der Waals surface area contributed by atoms with Gasteiger partial charge >= 0.3 is 0 Å². The topological polar surface area (TPSA) is 27.7 Å². The molecule has 1 aliphatic rings. The van der Waals surface area contributed by atoms with E-state index in [0.29, 0.717) is 12.7 Å². The largest absolute Gasteiger partial charge is 0.379 e. The van der Waals surface area contributed by atoms with Crippen molar-refractivity contribution in [1.82, 2.24) is 0 Å². The second-order valence-corrected chi connectivity index (χ2v) is 3.05. The number of methoxy groups -OCH3 is 1. The Balaban J connectivity index is 2.09. The lowest BCUT2D eigenvalue weighted by atomic mass is 10.1. The van der Waals surface area contributed by atoms with Gasteiger partial charge in [0.15, 0.2) is 0 Å². The van der Waals surface area contributed by atoms with Gasteiger partial charge in [0, 0.05) is 13.7 Å². The quantitative estimate of drug-likeness (QED) is 0.641. The lowest BCUT2D eigenvalue weighted by molar-refractivity contribution is -0.0952. The Morgan fingerprint density at radius 1 is 1.42 bits per heavy atom. The van der Waals surface area contributed by atoms with Crippen molar-refractivity contribution in [1.29, 1.82) is 0 Å². The fraction of sp³-hybridized carbons (Fsp3) is 1.00. The Kier molecular flexibility index (Phi) is 4.58. The van der Waals surface area contributed by atoms with Gasteiger partial charge in [0.1, 0.15) is 0 Å². The van der Waals surface area contributed by atoms with Crippen LogP contribution in [0, 0.1) is 0 Å². The fourth-order valence-electron chi connectivity index (χ4n) is 1.35. The van der Waals surface area contributed by atoms with Gasteiger partial charge in [-0.15, -0.1) is 0 Å². The minimum atomic E-state index is 0.288. The van der Waals surface area contributed by atoms with Crippen LogP contribution in [-0.2, 0) is 14.2 Å². The van der Waals surface area contributed by atoms with E-state index in [2.05, 4.69) is 0 Å². The van der Waals surface area contributed by atoms with E-state index >= 15 is 0 Å². The summed E-state index contributed by atoms with van der Waals surface area (Å²) in [6.07, 6.45) is 2.73. The molecule has 0 aromatic heterocycles. The number of rotatable bonds is 4. The van der Waals surface area contributed by atoms with Crippen LogP contribution in [0.3, 0.4) is 0 Å². The molecule has 72 valence electrons. The lowest BCUT2D eigenvalue weighted by Crippen LogP contribution is -2.33. The molecule has 3 heteroatoms. The van der Waals surface area contributed by atoms with E-state index < -0.39 is 0 Å². The maximum atomic E-state index is 5.53. The monoisotopic (exact) mass is 174 g/mol. The molecule has 1 fully saturated rings. The molecule has 0 aliphatic carbocycles. The van der Waals surface area contributed by atoms with Crippen molar-refractivity contribution >= 4 is 0 Å². The first-order valence-corrected chi connectivity index (χ1v) is 4.59. The van der Waals surface area contributed by atoms with E-state index in [1.165, 1.54) is 0 Å². The van der Waals surface area contributed by atoms with Gasteiger partial charge < -0.3 is 14.2 Å². The van der Waals surface area contributed by atoms with Crippen LogP contribution in [0.25, 0.3) is 0 Å². The third kappa shape index (κ3) is 3.09. The van der Waals surface area contributed by atoms with Gasteiger partial charge in [0.2, 0.25) is 0 Å². The summed E-state index contributed by atoms with van der Waals surface area (Å²) in [5.74, 6) is 0. The van der Waals surface area contributed by atoms with Crippen molar-refractivity contribution in [2.45, 2.75) is 32.0 Å². The van der Waals surface area contributed by atoms with Crippen LogP contribution in [0.4, 0.5) is 0 Å². The Morgan fingerprint density at radius 3 is 2.75 bits per heavy atom. The molecule has 1 saturated heterocycles. The summed E-state index contributed by atoms with van der Waals surface area (Å²) in [4.78, 5) is 0. The van der Waals surface area contributed by atoms with Crippen LogP contribution < -0.4 is 0 Å². The predicted octanol–water partition coefficient (Wildman–Crippen LogP) is 1.22. The van der Waals surface area contributed by atoms with Gasteiger partial charge in [-0.1, -0.05) is 0 Å². The molecular weight excluding hydrogens is 156 g/mol. The molecule has 0 aromatic carbocycles. The van der Waals surface area contributed by atoms with Crippen molar-refractivity contribution in [3.05, 3.63) is 0 Å². The molecule has 0 spiro atoms.